The fourth-order valence-electron chi connectivity index (χ4n) is 2.62. The Labute approximate surface area is 144 Å². The van der Waals surface area contributed by atoms with Crippen molar-refractivity contribution in [2.24, 2.45) is 5.92 Å². The number of carbonyl (C=O) groups excluding carboxylic acids is 1. The first-order valence-electron chi connectivity index (χ1n) is 7.74. The highest BCUT2D eigenvalue weighted by Gasteiger charge is 2.31. The van der Waals surface area contributed by atoms with Crippen molar-refractivity contribution in [2.75, 3.05) is 29.4 Å². The average molecular weight is 379 g/mol. The van der Waals surface area contributed by atoms with Crippen LogP contribution in [-0.4, -0.2) is 33.7 Å². The van der Waals surface area contributed by atoms with Gasteiger partial charge in [0.05, 0.1) is 23.2 Å². The SMILES string of the molecule is CS(=O)(=O)Nc1ccc(C(F)(F)F)cc1NC(=O)CCC1CCNC1. The van der Waals surface area contributed by atoms with Gasteiger partial charge >= 0.3 is 6.18 Å². The summed E-state index contributed by atoms with van der Waals surface area (Å²) in [5, 5.41) is 5.55. The molecule has 0 bridgehead atoms. The summed E-state index contributed by atoms with van der Waals surface area (Å²) < 4.78 is 63.5. The summed E-state index contributed by atoms with van der Waals surface area (Å²) in [6, 6.07) is 2.47. The van der Waals surface area contributed by atoms with Crippen molar-refractivity contribution in [1.29, 1.82) is 0 Å². The minimum absolute atomic E-state index is 0.105. The lowest BCUT2D eigenvalue weighted by atomic mass is 10.0. The zero-order valence-electron chi connectivity index (χ0n) is 13.6. The van der Waals surface area contributed by atoms with Crippen LogP contribution in [0.1, 0.15) is 24.8 Å². The molecular formula is C15H20F3N3O3S. The van der Waals surface area contributed by atoms with Crippen molar-refractivity contribution in [1.82, 2.24) is 5.32 Å². The highest BCUT2D eigenvalue weighted by Crippen LogP contribution is 2.34. The summed E-state index contributed by atoms with van der Waals surface area (Å²) in [4.78, 5) is 12.1. The van der Waals surface area contributed by atoms with Crippen LogP contribution < -0.4 is 15.4 Å². The molecule has 1 aliphatic rings. The first-order valence-corrected chi connectivity index (χ1v) is 9.63. The molecule has 3 N–H and O–H groups in total. The molecule has 0 spiro atoms. The third-order valence-electron chi connectivity index (χ3n) is 3.86. The molecule has 0 radical (unpaired) electrons. The minimum Gasteiger partial charge on any atom is -0.324 e. The number of carbonyl (C=O) groups is 1. The Balaban J connectivity index is 2.15. The third-order valence-corrected chi connectivity index (χ3v) is 4.45. The molecule has 1 unspecified atom stereocenters. The Hall–Kier alpha value is -1.81. The Morgan fingerprint density at radius 3 is 2.60 bits per heavy atom. The van der Waals surface area contributed by atoms with Crippen molar-refractivity contribution in [3.8, 4) is 0 Å². The van der Waals surface area contributed by atoms with Crippen molar-refractivity contribution in [3.05, 3.63) is 23.8 Å². The van der Waals surface area contributed by atoms with Crippen LogP contribution in [0, 0.1) is 5.92 Å². The molecule has 1 fully saturated rings. The van der Waals surface area contributed by atoms with E-state index < -0.39 is 27.7 Å². The highest BCUT2D eigenvalue weighted by molar-refractivity contribution is 7.92. The predicted octanol–water partition coefficient (Wildman–Crippen LogP) is 2.41. The van der Waals surface area contributed by atoms with E-state index in [0.717, 1.165) is 44.0 Å². The molecule has 1 atom stereocenters. The van der Waals surface area contributed by atoms with Crippen LogP contribution in [0.3, 0.4) is 0 Å². The van der Waals surface area contributed by atoms with Gasteiger partial charge < -0.3 is 10.6 Å². The first-order chi connectivity index (χ1) is 11.5. The molecule has 1 amide bonds. The minimum atomic E-state index is -4.60. The number of hydrogen-bond acceptors (Lipinski definition) is 4. The van der Waals surface area contributed by atoms with Crippen LogP contribution in [0.25, 0.3) is 0 Å². The summed E-state index contributed by atoms with van der Waals surface area (Å²) in [5.41, 5.74) is -1.29. The van der Waals surface area contributed by atoms with E-state index in [0.29, 0.717) is 12.3 Å². The number of amides is 1. The van der Waals surface area contributed by atoms with E-state index in [1.54, 1.807) is 0 Å². The molecular weight excluding hydrogens is 359 g/mol. The second-order valence-corrected chi connectivity index (χ2v) is 7.83. The number of alkyl halides is 3. The number of hydrogen-bond donors (Lipinski definition) is 3. The molecule has 25 heavy (non-hydrogen) atoms. The van der Waals surface area contributed by atoms with Gasteiger partial charge in [-0.25, -0.2) is 8.42 Å². The Kier molecular flexibility index (Phi) is 5.94. The molecule has 0 aromatic heterocycles. The zero-order chi connectivity index (χ0) is 18.7. The summed E-state index contributed by atoms with van der Waals surface area (Å²) in [6.45, 7) is 1.71. The van der Waals surface area contributed by atoms with Crippen molar-refractivity contribution in [3.63, 3.8) is 0 Å². The molecule has 140 valence electrons. The number of nitrogens with one attached hydrogen (secondary N) is 3. The van der Waals surface area contributed by atoms with Crippen molar-refractivity contribution >= 4 is 27.3 Å². The van der Waals surface area contributed by atoms with Crippen LogP contribution >= 0.6 is 0 Å². The van der Waals surface area contributed by atoms with Gasteiger partial charge in [-0.05, 0) is 50.0 Å². The van der Waals surface area contributed by atoms with Crippen LogP contribution in [0.2, 0.25) is 0 Å². The smallest absolute Gasteiger partial charge is 0.324 e. The third kappa shape index (κ3) is 6.20. The predicted molar refractivity (Wildman–Crippen MR) is 88.8 cm³/mol. The molecule has 10 heteroatoms. The van der Waals surface area contributed by atoms with Gasteiger partial charge in [0.1, 0.15) is 0 Å². The highest BCUT2D eigenvalue weighted by atomic mass is 32.2. The number of halogens is 3. The lowest BCUT2D eigenvalue weighted by molar-refractivity contribution is -0.137. The lowest BCUT2D eigenvalue weighted by Gasteiger charge is -2.15. The average Bonchev–Trinajstić information content (AvgIpc) is 2.97. The molecule has 1 saturated heterocycles. The van der Waals surface area contributed by atoms with E-state index in [-0.39, 0.29) is 17.8 Å². The van der Waals surface area contributed by atoms with E-state index >= 15 is 0 Å². The summed E-state index contributed by atoms with van der Waals surface area (Å²) in [5.74, 6) is -0.0938. The molecule has 1 heterocycles. The number of benzene rings is 1. The number of sulfonamides is 1. The van der Waals surface area contributed by atoms with E-state index in [9.17, 15) is 26.4 Å². The Morgan fingerprint density at radius 2 is 2.04 bits per heavy atom. The number of anilines is 2. The second-order valence-electron chi connectivity index (χ2n) is 6.08. The van der Waals surface area contributed by atoms with E-state index in [1.165, 1.54) is 0 Å². The van der Waals surface area contributed by atoms with E-state index in [2.05, 4.69) is 15.4 Å². The fourth-order valence-corrected chi connectivity index (χ4v) is 3.20. The maximum atomic E-state index is 12.9. The molecule has 1 aliphatic heterocycles. The van der Waals surface area contributed by atoms with Crippen molar-refractivity contribution in [2.45, 2.75) is 25.4 Å². The summed E-state index contributed by atoms with van der Waals surface area (Å²) >= 11 is 0. The van der Waals surface area contributed by atoms with Crippen LogP contribution in [-0.2, 0) is 21.0 Å². The lowest BCUT2D eigenvalue weighted by Crippen LogP contribution is -2.18. The molecule has 6 nitrogen and oxygen atoms in total. The van der Waals surface area contributed by atoms with Crippen LogP contribution in [0.15, 0.2) is 18.2 Å². The van der Waals surface area contributed by atoms with Crippen LogP contribution in [0.5, 0.6) is 0 Å². The van der Waals surface area contributed by atoms with Gasteiger partial charge in [0.15, 0.2) is 0 Å². The second kappa shape index (κ2) is 7.61. The number of rotatable bonds is 6. The zero-order valence-corrected chi connectivity index (χ0v) is 14.4. The largest absolute Gasteiger partial charge is 0.416 e. The molecule has 1 aromatic rings. The van der Waals surface area contributed by atoms with Gasteiger partial charge in [-0.15, -0.1) is 0 Å². The van der Waals surface area contributed by atoms with Gasteiger partial charge in [0.2, 0.25) is 15.9 Å². The van der Waals surface area contributed by atoms with Gasteiger partial charge in [-0.3, -0.25) is 9.52 Å². The molecule has 2 rings (SSSR count). The van der Waals surface area contributed by atoms with Crippen molar-refractivity contribution < 1.29 is 26.4 Å². The van der Waals surface area contributed by atoms with E-state index in [4.69, 9.17) is 0 Å². The van der Waals surface area contributed by atoms with Gasteiger partial charge in [0.25, 0.3) is 0 Å². The standard InChI is InChI=1S/C15H20F3N3O3S/c1-25(23,24)21-12-4-3-11(15(16,17)18)8-13(12)20-14(22)5-2-10-6-7-19-9-10/h3-4,8,10,19,21H,2,5-7,9H2,1H3,(H,20,22). The normalized spacial score (nSPS) is 18.2. The molecule has 0 aliphatic carbocycles. The fraction of sp³-hybridized carbons (Fsp3) is 0.533. The topological polar surface area (TPSA) is 87.3 Å². The maximum Gasteiger partial charge on any atom is 0.416 e. The molecule has 1 aromatic carbocycles. The van der Waals surface area contributed by atoms with Crippen LogP contribution in [0.4, 0.5) is 24.5 Å². The first kappa shape index (κ1) is 19.5. The quantitative estimate of drug-likeness (QED) is 0.708. The summed E-state index contributed by atoms with van der Waals surface area (Å²) in [7, 11) is -3.70. The van der Waals surface area contributed by atoms with Gasteiger partial charge in [0, 0.05) is 6.42 Å². The Morgan fingerprint density at radius 1 is 1.32 bits per heavy atom. The van der Waals surface area contributed by atoms with Gasteiger partial charge in [-0.2, -0.15) is 13.2 Å². The Bertz CT molecular complexity index is 729. The monoisotopic (exact) mass is 379 g/mol. The summed E-state index contributed by atoms with van der Waals surface area (Å²) in [6.07, 6.45) is -1.99. The van der Waals surface area contributed by atoms with Gasteiger partial charge in [-0.1, -0.05) is 0 Å². The van der Waals surface area contributed by atoms with E-state index in [1.807, 2.05) is 0 Å². The maximum absolute atomic E-state index is 12.9. The molecule has 0 saturated carbocycles.